The minimum Gasteiger partial charge on any atom is -0.491 e. The molecule has 0 aromatic heterocycles. The summed E-state index contributed by atoms with van der Waals surface area (Å²) in [4.78, 5) is 0. The van der Waals surface area contributed by atoms with Gasteiger partial charge >= 0.3 is 0 Å². The molecule has 0 N–H and O–H groups in total. The van der Waals surface area contributed by atoms with E-state index < -0.39 is 11.6 Å². The maximum Gasteiger partial charge on any atom is 0.201 e. The van der Waals surface area contributed by atoms with Gasteiger partial charge in [0.25, 0.3) is 0 Å². The first-order chi connectivity index (χ1) is 17.6. The van der Waals surface area contributed by atoms with Crippen LogP contribution in [0.4, 0.5) is 8.78 Å². The van der Waals surface area contributed by atoms with Gasteiger partial charge in [-0.1, -0.05) is 80.1 Å². The Balaban J connectivity index is 1.30. The van der Waals surface area contributed by atoms with E-state index in [1.807, 2.05) is 24.3 Å². The lowest BCUT2D eigenvalue weighted by Gasteiger charge is -2.20. The number of ether oxygens (including phenoxy) is 1. The molecule has 4 rings (SSSR count). The Morgan fingerprint density at radius 3 is 2.17 bits per heavy atom. The van der Waals surface area contributed by atoms with Gasteiger partial charge in [0.05, 0.1) is 6.61 Å². The molecule has 3 aromatic carbocycles. The molecule has 0 saturated carbocycles. The highest BCUT2D eigenvalue weighted by atomic mass is 19.2. The lowest BCUT2D eigenvalue weighted by molar-refractivity contribution is 0.314. The number of rotatable bonds is 10. The molecule has 1 unspecified atom stereocenters. The summed E-state index contributed by atoms with van der Waals surface area (Å²) in [5.41, 5.74) is 6.23. The van der Waals surface area contributed by atoms with E-state index in [9.17, 15) is 8.78 Å². The van der Waals surface area contributed by atoms with Crippen LogP contribution in [0, 0.1) is 17.6 Å². The highest BCUT2D eigenvalue weighted by molar-refractivity contribution is 5.71. The van der Waals surface area contributed by atoms with E-state index in [0.29, 0.717) is 18.1 Å². The lowest BCUT2D eigenvalue weighted by Crippen LogP contribution is -2.03. The normalized spacial score (nSPS) is 15.8. The molecule has 1 nitrogen and oxygen atoms in total. The van der Waals surface area contributed by atoms with Gasteiger partial charge in [-0.25, -0.2) is 4.39 Å². The third-order valence-electron chi connectivity index (χ3n) is 6.93. The standard InChI is InChI=1S/C33H36F2O/c1-3-7-24-10-12-25(13-11-24)8-5-6-9-26-14-16-27(17-15-26)28-18-20-29(21-19-28)30-22-23-31(36-4-2)33(35)32(30)34/h6,9-13,16,18-23,26H,3-5,7-8,14-15,17H2,1-2H3. The van der Waals surface area contributed by atoms with Gasteiger partial charge in [-0.3, -0.25) is 0 Å². The molecule has 0 fully saturated rings. The molecule has 3 aromatic rings. The van der Waals surface area contributed by atoms with Gasteiger partial charge < -0.3 is 4.74 Å². The summed E-state index contributed by atoms with van der Waals surface area (Å²) in [5, 5.41) is 0. The number of halogens is 2. The van der Waals surface area contributed by atoms with Gasteiger partial charge in [0, 0.05) is 5.56 Å². The first-order valence-electron chi connectivity index (χ1n) is 13.2. The largest absolute Gasteiger partial charge is 0.491 e. The van der Waals surface area contributed by atoms with Crippen molar-refractivity contribution in [3.8, 4) is 16.9 Å². The molecule has 3 heteroatoms. The quantitative estimate of drug-likeness (QED) is 0.259. The smallest absolute Gasteiger partial charge is 0.201 e. The number of hydrogen-bond acceptors (Lipinski definition) is 1. The molecule has 0 saturated heterocycles. The monoisotopic (exact) mass is 486 g/mol. The zero-order chi connectivity index (χ0) is 25.3. The molecule has 1 atom stereocenters. The van der Waals surface area contributed by atoms with Crippen LogP contribution in [0.15, 0.2) is 78.9 Å². The Kier molecular flexibility index (Phi) is 9.11. The number of benzene rings is 3. The van der Waals surface area contributed by atoms with Gasteiger partial charge in [-0.15, -0.1) is 0 Å². The second-order valence-corrected chi connectivity index (χ2v) is 9.55. The fourth-order valence-electron chi connectivity index (χ4n) is 4.88. The average Bonchev–Trinajstić information content (AvgIpc) is 2.91. The van der Waals surface area contributed by atoms with Gasteiger partial charge in [-0.05, 0) is 91.3 Å². The van der Waals surface area contributed by atoms with E-state index in [-0.39, 0.29) is 11.3 Å². The summed E-state index contributed by atoms with van der Waals surface area (Å²) < 4.78 is 34.0. The van der Waals surface area contributed by atoms with Gasteiger partial charge in [0.2, 0.25) is 5.82 Å². The van der Waals surface area contributed by atoms with E-state index in [4.69, 9.17) is 4.74 Å². The van der Waals surface area contributed by atoms with Crippen molar-refractivity contribution in [2.24, 2.45) is 5.92 Å². The molecule has 36 heavy (non-hydrogen) atoms. The molecule has 0 heterocycles. The summed E-state index contributed by atoms with van der Waals surface area (Å²) in [5.74, 6) is -1.26. The molecule has 0 aliphatic heterocycles. The molecule has 188 valence electrons. The van der Waals surface area contributed by atoms with Crippen molar-refractivity contribution in [2.75, 3.05) is 6.61 Å². The second kappa shape index (κ2) is 12.7. The van der Waals surface area contributed by atoms with Crippen LogP contribution in [0.2, 0.25) is 0 Å². The minimum atomic E-state index is -0.933. The van der Waals surface area contributed by atoms with Crippen LogP contribution in [0.1, 0.15) is 62.6 Å². The number of hydrogen-bond donors (Lipinski definition) is 0. The molecule has 0 bridgehead atoms. The highest BCUT2D eigenvalue weighted by Crippen LogP contribution is 2.34. The van der Waals surface area contributed by atoms with Crippen molar-refractivity contribution < 1.29 is 13.5 Å². The van der Waals surface area contributed by atoms with Crippen molar-refractivity contribution in [3.05, 3.63) is 107 Å². The lowest BCUT2D eigenvalue weighted by atomic mass is 9.86. The van der Waals surface area contributed by atoms with Crippen LogP contribution in [-0.2, 0) is 12.8 Å². The fraction of sp³-hybridized carbons (Fsp3) is 0.333. The Morgan fingerprint density at radius 2 is 1.53 bits per heavy atom. The molecular weight excluding hydrogens is 450 g/mol. The van der Waals surface area contributed by atoms with E-state index >= 15 is 0 Å². The third-order valence-corrected chi connectivity index (χ3v) is 6.93. The van der Waals surface area contributed by atoms with Crippen molar-refractivity contribution in [3.63, 3.8) is 0 Å². The van der Waals surface area contributed by atoms with Crippen LogP contribution in [0.25, 0.3) is 16.7 Å². The van der Waals surface area contributed by atoms with Gasteiger partial charge in [0.1, 0.15) is 0 Å². The predicted molar refractivity (Wildman–Crippen MR) is 146 cm³/mol. The van der Waals surface area contributed by atoms with Crippen LogP contribution in [-0.4, -0.2) is 6.61 Å². The van der Waals surface area contributed by atoms with E-state index in [0.717, 1.165) is 44.1 Å². The minimum absolute atomic E-state index is 0.0487. The molecule has 1 aliphatic carbocycles. The Labute approximate surface area is 214 Å². The van der Waals surface area contributed by atoms with Crippen LogP contribution >= 0.6 is 0 Å². The second-order valence-electron chi connectivity index (χ2n) is 9.55. The van der Waals surface area contributed by atoms with E-state index in [2.05, 4.69) is 49.4 Å². The van der Waals surface area contributed by atoms with Crippen molar-refractivity contribution in [1.29, 1.82) is 0 Å². The first-order valence-corrected chi connectivity index (χ1v) is 13.2. The Hall–Kier alpha value is -3.20. The topological polar surface area (TPSA) is 9.23 Å². The van der Waals surface area contributed by atoms with Crippen molar-refractivity contribution in [1.82, 2.24) is 0 Å². The average molecular weight is 487 g/mol. The maximum absolute atomic E-state index is 14.6. The zero-order valence-corrected chi connectivity index (χ0v) is 21.4. The number of aryl methyl sites for hydroxylation is 2. The SMILES string of the molecule is CCCc1ccc(CCC=CC2CC=C(c3ccc(-c4ccc(OCC)c(F)c4F)cc3)CC2)cc1. The summed E-state index contributed by atoms with van der Waals surface area (Å²) in [6.07, 6.45) is 14.8. The molecule has 0 radical (unpaired) electrons. The first kappa shape index (κ1) is 25.9. The molecular formula is C33H36F2O. The summed E-state index contributed by atoms with van der Waals surface area (Å²) in [6, 6.07) is 19.9. The van der Waals surface area contributed by atoms with E-state index in [1.165, 1.54) is 29.2 Å². The van der Waals surface area contributed by atoms with Crippen molar-refractivity contribution >= 4 is 5.57 Å². The summed E-state index contributed by atoms with van der Waals surface area (Å²) in [7, 11) is 0. The van der Waals surface area contributed by atoms with Crippen LogP contribution in [0.3, 0.4) is 0 Å². The van der Waals surface area contributed by atoms with Crippen LogP contribution < -0.4 is 4.74 Å². The molecule has 1 aliphatic rings. The fourth-order valence-corrected chi connectivity index (χ4v) is 4.88. The maximum atomic E-state index is 14.6. The highest BCUT2D eigenvalue weighted by Gasteiger charge is 2.17. The Bertz CT molecular complexity index is 1190. The van der Waals surface area contributed by atoms with Gasteiger partial charge in [-0.2, -0.15) is 4.39 Å². The summed E-state index contributed by atoms with van der Waals surface area (Å²) >= 11 is 0. The van der Waals surface area contributed by atoms with Gasteiger partial charge in [0.15, 0.2) is 11.6 Å². The third kappa shape index (κ3) is 6.51. The Morgan fingerprint density at radius 1 is 0.833 bits per heavy atom. The van der Waals surface area contributed by atoms with E-state index in [1.54, 1.807) is 13.0 Å². The molecule has 0 amide bonds. The predicted octanol–water partition coefficient (Wildman–Crippen LogP) is 9.36. The summed E-state index contributed by atoms with van der Waals surface area (Å²) in [6.45, 7) is 4.26. The zero-order valence-electron chi connectivity index (χ0n) is 21.4. The number of allylic oxidation sites excluding steroid dienone is 4. The molecule has 0 spiro atoms. The van der Waals surface area contributed by atoms with Crippen LogP contribution in [0.5, 0.6) is 5.75 Å². The van der Waals surface area contributed by atoms with Crippen molar-refractivity contribution in [2.45, 2.75) is 58.8 Å².